The number of benzene rings is 1. The second-order valence-electron chi connectivity index (χ2n) is 7.33. The fourth-order valence-electron chi connectivity index (χ4n) is 3.63. The first-order valence-electron chi connectivity index (χ1n) is 9.85. The van der Waals surface area contributed by atoms with Gasteiger partial charge in [0.05, 0.1) is 22.8 Å². The lowest BCUT2D eigenvalue weighted by molar-refractivity contribution is 0.904. The van der Waals surface area contributed by atoms with Gasteiger partial charge in [0.1, 0.15) is 0 Å². The van der Waals surface area contributed by atoms with Gasteiger partial charge in [-0.2, -0.15) is 5.10 Å². The van der Waals surface area contributed by atoms with E-state index in [0.29, 0.717) is 12.3 Å². The first kappa shape index (κ1) is 19.6. The van der Waals surface area contributed by atoms with Gasteiger partial charge < -0.3 is 16.0 Å². The molecule has 7 heteroatoms. The first-order valence-corrected chi connectivity index (χ1v) is 9.85. The molecule has 7 nitrogen and oxygen atoms in total. The zero-order chi connectivity index (χ0) is 21.3. The monoisotopic (exact) mass is 399 g/mol. The summed E-state index contributed by atoms with van der Waals surface area (Å²) in [4.78, 5) is 8.89. The van der Waals surface area contributed by atoms with Crippen molar-refractivity contribution in [1.29, 1.82) is 5.41 Å². The summed E-state index contributed by atoms with van der Waals surface area (Å²) in [5.41, 5.74) is 8.89. The Morgan fingerprint density at radius 2 is 1.83 bits per heavy atom. The molecule has 1 aromatic carbocycles. The Bertz CT molecular complexity index is 1230. The lowest BCUT2D eigenvalue weighted by Gasteiger charge is -2.12. The number of nitrogens with zero attached hydrogens (tertiary/aromatic N) is 4. The van der Waals surface area contributed by atoms with Gasteiger partial charge in [0.15, 0.2) is 5.65 Å². The molecule has 0 fully saturated rings. The third kappa shape index (κ3) is 3.61. The largest absolute Gasteiger partial charge is 0.388 e. The van der Waals surface area contributed by atoms with Crippen LogP contribution >= 0.6 is 0 Å². The summed E-state index contributed by atoms with van der Waals surface area (Å²) in [5.74, 6) is 0. The van der Waals surface area contributed by atoms with E-state index in [2.05, 4.69) is 15.6 Å². The van der Waals surface area contributed by atoms with E-state index in [9.17, 15) is 0 Å². The van der Waals surface area contributed by atoms with Crippen LogP contribution < -0.4 is 10.6 Å². The van der Waals surface area contributed by atoms with Gasteiger partial charge in [-0.05, 0) is 56.7 Å². The summed E-state index contributed by atoms with van der Waals surface area (Å²) in [6, 6.07) is 12.1. The van der Waals surface area contributed by atoms with Crippen molar-refractivity contribution in [2.75, 3.05) is 17.7 Å². The van der Waals surface area contributed by atoms with Gasteiger partial charge in [-0.1, -0.05) is 6.07 Å². The molecule has 0 amide bonds. The van der Waals surface area contributed by atoms with Gasteiger partial charge in [-0.25, -0.2) is 9.50 Å². The normalized spacial score (nSPS) is 10.9. The summed E-state index contributed by atoms with van der Waals surface area (Å²) in [7, 11) is 1.87. The van der Waals surface area contributed by atoms with Crippen molar-refractivity contribution in [2.45, 2.75) is 27.3 Å². The number of aromatic nitrogens is 4. The van der Waals surface area contributed by atoms with Crippen molar-refractivity contribution in [2.24, 2.45) is 0 Å². The van der Waals surface area contributed by atoms with Crippen molar-refractivity contribution in [3.05, 3.63) is 71.3 Å². The van der Waals surface area contributed by atoms with Crippen LogP contribution in [-0.2, 0) is 6.54 Å². The van der Waals surface area contributed by atoms with Crippen LogP contribution in [-0.4, -0.2) is 32.3 Å². The third-order valence-corrected chi connectivity index (χ3v) is 5.08. The fraction of sp³-hybridized carbons (Fsp3) is 0.217. The maximum Gasteiger partial charge on any atom is 0.177 e. The summed E-state index contributed by atoms with van der Waals surface area (Å²) in [6.45, 7) is 6.45. The number of anilines is 2. The number of imidazole rings is 1. The number of aryl methyl sites for hydroxylation is 2. The van der Waals surface area contributed by atoms with Crippen LogP contribution in [0.3, 0.4) is 0 Å². The Balaban J connectivity index is 1.81. The van der Waals surface area contributed by atoms with Crippen molar-refractivity contribution in [3.63, 3.8) is 0 Å². The molecule has 0 bridgehead atoms. The highest BCUT2D eigenvalue weighted by molar-refractivity contribution is 6.02. The van der Waals surface area contributed by atoms with E-state index in [1.54, 1.807) is 19.3 Å². The fourth-order valence-corrected chi connectivity index (χ4v) is 3.63. The Kier molecular flexibility index (Phi) is 5.18. The standard InChI is InChI=1S/C23H25N7/c1-14-11-21(27-13-17-7-9-26-10-8-17)23-28-16(3)22(30(23)29-14)18-5-6-20(25-4)19(12-18)15(2)24/h5-12,24-25,27H,13H2,1-4H3. The molecule has 0 aliphatic heterocycles. The SMILES string of the molecule is CNc1ccc(-c2c(C)nc3c(NCc4ccncc4)cc(C)nn23)cc1C(C)=N. The molecule has 0 spiro atoms. The van der Waals surface area contributed by atoms with Crippen LogP contribution in [0, 0.1) is 19.3 Å². The molecule has 0 saturated heterocycles. The predicted molar refractivity (Wildman–Crippen MR) is 122 cm³/mol. The van der Waals surface area contributed by atoms with Crippen LogP contribution in [0.4, 0.5) is 11.4 Å². The zero-order valence-corrected chi connectivity index (χ0v) is 17.6. The maximum absolute atomic E-state index is 8.13. The molecule has 152 valence electrons. The van der Waals surface area contributed by atoms with Gasteiger partial charge in [-0.3, -0.25) is 4.98 Å². The number of hydrogen-bond acceptors (Lipinski definition) is 6. The average Bonchev–Trinajstić information content (AvgIpc) is 3.07. The molecular formula is C23H25N7. The lowest BCUT2D eigenvalue weighted by Crippen LogP contribution is -2.05. The summed E-state index contributed by atoms with van der Waals surface area (Å²) < 4.78 is 1.90. The van der Waals surface area contributed by atoms with E-state index >= 15 is 0 Å². The van der Waals surface area contributed by atoms with Crippen molar-refractivity contribution in [1.82, 2.24) is 19.6 Å². The number of hydrogen-bond donors (Lipinski definition) is 3. The molecule has 0 aliphatic rings. The number of fused-ring (bicyclic) bond motifs is 1. The van der Waals surface area contributed by atoms with Crippen LogP contribution in [0.1, 0.15) is 29.4 Å². The molecule has 3 aromatic heterocycles. The molecule has 4 rings (SSSR count). The number of rotatable bonds is 6. The second-order valence-corrected chi connectivity index (χ2v) is 7.33. The Hall–Kier alpha value is -3.74. The van der Waals surface area contributed by atoms with E-state index in [1.165, 1.54) is 0 Å². The van der Waals surface area contributed by atoms with Gasteiger partial charge in [0, 0.05) is 48.5 Å². The number of nitrogens with one attached hydrogen (secondary N) is 3. The Morgan fingerprint density at radius 3 is 2.53 bits per heavy atom. The lowest BCUT2D eigenvalue weighted by atomic mass is 10.0. The highest BCUT2D eigenvalue weighted by atomic mass is 15.3. The molecule has 30 heavy (non-hydrogen) atoms. The topological polar surface area (TPSA) is 91.0 Å². The molecule has 0 aliphatic carbocycles. The quantitative estimate of drug-likeness (QED) is 0.417. The first-order chi connectivity index (χ1) is 14.5. The predicted octanol–water partition coefficient (Wildman–Crippen LogP) is 4.45. The Morgan fingerprint density at radius 1 is 1.07 bits per heavy atom. The van der Waals surface area contributed by atoms with E-state index < -0.39 is 0 Å². The molecule has 0 atom stereocenters. The summed E-state index contributed by atoms with van der Waals surface area (Å²) >= 11 is 0. The van der Waals surface area contributed by atoms with Gasteiger partial charge >= 0.3 is 0 Å². The van der Waals surface area contributed by atoms with Gasteiger partial charge in [0.25, 0.3) is 0 Å². The van der Waals surface area contributed by atoms with Crippen LogP contribution in [0.2, 0.25) is 0 Å². The van der Waals surface area contributed by atoms with Gasteiger partial charge in [0.2, 0.25) is 0 Å². The van der Waals surface area contributed by atoms with Crippen molar-refractivity contribution in [3.8, 4) is 11.3 Å². The summed E-state index contributed by atoms with van der Waals surface area (Å²) in [5, 5.41) is 19.5. The van der Waals surface area contributed by atoms with E-state index in [-0.39, 0.29) is 0 Å². The highest BCUT2D eigenvalue weighted by Gasteiger charge is 2.17. The van der Waals surface area contributed by atoms with Gasteiger partial charge in [-0.15, -0.1) is 0 Å². The summed E-state index contributed by atoms with van der Waals surface area (Å²) in [6.07, 6.45) is 3.58. The second kappa shape index (κ2) is 7.94. The van der Waals surface area contributed by atoms with E-state index in [4.69, 9.17) is 15.5 Å². The molecular weight excluding hydrogens is 374 g/mol. The van der Waals surface area contributed by atoms with E-state index in [0.717, 1.165) is 50.8 Å². The minimum absolute atomic E-state index is 0.511. The van der Waals surface area contributed by atoms with Crippen molar-refractivity contribution < 1.29 is 0 Å². The average molecular weight is 400 g/mol. The number of pyridine rings is 1. The highest BCUT2D eigenvalue weighted by Crippen LogP contribution is 2.30. The molecule has 4 aromatic rings. The molecule has 3 heterocycles. The Labute approximate surface area is 175 Å². The van der Waals surface area contributed by atoms with Crippen LogP contribution in [0.25, 0.3) is 16.9 Å². The third-order valence-electron chi connectivity index (χ3n) is 5.08. The maximum atomic E-state index is 8.13. The van der Waals surface area contributed by atoms with Crippen LogP contribution in [0.15, 0.2) is 48.8 Å². The molecule has 0 radical (unpaired) electrons. The van der Waals surface area contributed by atoms with Crippen molar-refractivity contribution >= 4 is 22.7 Å². The molecule has 0 saturated carbocycles. The minimum Gasteiger partial charge on any atom is -0.388 e. The van der Waals surface area contributed by atoms with E-state index in [1.807, 2.05) is 61.8 Å². The zero-order valence-electron chi connectivity index (χ0n) is 17.6. The smallest absolute Gasteiger partial charge is 0.177 e. The van der Waals surface area contributed by atoms with Crippen LogP contribution in [0.5, 0.6) is 0 Å². The molecule has 3 N–H and O–H groups in total. The minimum atomic E-state index is 0.511. The molecule has 0 unspecified atom stereocenters.